The van der Waals surface area contributed by atoms with Gasteiger partial charge in [-0.15, -0.1) is 0 Å². The molecule has 0 aliphatic carbocycles. The van der Waals surface area contributed by atoms with E-state index in [4.69, 9.17) is 0 Å². The van der Waals surface area contributed by atoms with Crippen LogP contribution >= 0.6 is 15.9 Å². The lowest BCUT2D eigenvalue weighted by Gasteiger charge is -2.09. The minimum atomic E-state index is -1.06. The van der Waals surface area contributed by atoms with Gasteiger partial charge in [0.25, 0.3) is 5.91 Å². The molecule has 0 radical (unpaired) electrons. The molecule has 0 spiro atoms. The largest absolute Gasteiger partial charge is 0.320 e. The third-order valence-electron chi connectivity index (χ3n) is 3.15. The number of hydrogen-bond donors (Lipinski definition) is 1. The molecule has 110 valence electrons. The Kier molecular flexibility index (Phi) is 3.85. The van der Waals surface area contributed by atoms with Crippen LogP contribution < -0.4 is 5.32 Å². The molecule has 1 N–H and O–H groups in total. The SMILES string of the molecule is O=C(Nc1ccc(Br)c2cccnc12)c1ccc(F)c(F)c1. The van der Waals surface area contributed by atoms with Gasteiger partial charge >= 0.3 is 0 Å². The number of hydrogen-bond acceptors (Lipinski definition) is 2. The third kappa shape index (κ3) is 2.69. The fraction of sp³-hybridized carbons (Fsp3) is 0. The summed E-state index contributed by atoms with van der Waals surface area (Å²) in [5.41, 5.74) is 1.13. The Balaban J connectivity index is 1.98. The molecule has 3 rings (SSSR count). The molecule has 6 heteroatoms. The summed E-state index contributed by atoms with van der Waals surface area (Å²) in [6, 6.07) is 10.1. The Morgan fingerprint density at radius 3 is 2.68 bits per heavy atom. The van der Waals surface area contributed by atoms with Crippen LogP contribution in [0.25, 0.3) is 10.9 Å². The van der Waals surface area contributed by atoms with Crippen molar-refractivity contribution in [3.8, 4) is 0 Å². The van der Waals surface area contributed by atoms with Gasteiger partial charge < -0.3 is 5.32 Å². The van der Waals surface area contributed by atoms with Gasteiger partial charge in [-0.2, -0.15) is 0 Å². The van der Waals surface area contributed by atoms with E-state index < -0.39 is 17.5 Å². The first-order valence-corrected chi connectivity index (χ1v) is 7.15. The molecule has 0 fully saturated rings. The third-order valence-corrected chi connectivity index (χ3v) is 3.84. The van der Waals surface area contributed by atoms with Crippen molar-refractivity contribution >= 4 is 38.4 Å². The molecular weight excluding hydrogens is 354 g/mol. The van der Waals surface area contributed by atoms with Crippen molar-refractivity contribution in [2.24, 2.45) is 0 Å². The number of anilines is 1. The monoisotopic (exact) mass is 362 g/mol. The topological polar surface area (TPSA) is 42.0 Å². The van der Waals surface area contributed by atoms with Gasteiger partial charge in [-0.25, -0.2) is 8.78 Å². The number of aromatic nitrogens is 1. The van der Waals surface area contributed by atoms with Crippen molar-refractivity contribution in [3.05, 3.63) is 70.3 Å². The van der Waals surface area contributed by atoms with E-state index in [1.165, 1.54) is 6.07 Å². The maximum absolute atomic E-state index is 13.2. The highest BCUT2D eigenvalue weighted by Crippen LogP contribution is 2.28. The molecule has 22 heavy (non-hydrogen) atoms. The maximum Gasteiger partial charge on any atom is 0.255 e. The molecule has 0 saturated carbocycles. The molecule has 0 aliphatic heterocycles. The minimum absolute atomic E-state index is 0.0332. The molecule has 0 saturated heterocycles. The number of carbonyl (C=O) groups excluding carboxylic acids is 1. The van der Waals surface area contributed by atoms with Crippen molar-refractivity contribution < 1.29 is 13.6 Å². The quantitative estimate of drug-likeness (QED) is 0.727. The zero-order valence-corrected chi connectivity index (χ0v) is 12.7. The summed E-state index contributed by atoms with van der Waals surface area (Å²) in [6.45, 7) is 0. The van der Waals surface area contributed by atoms with E-state index in [2.05, 4.69) is 26.2 Å². The average Bonchev–Trinajstić information content (AvgIpc) is 2.53. The van der Waals surface area contributed by atoms with E-state index in [0.29, 0.717) is 11.2 Å². The molecule has 1 heterocycles. The number of carbonyl (C=O) groups is 1. The van der Waals surface area contributed by atoms with E-state index in [9.17, 15) is 13.6 Å². The fourth-order valence-electron chi connectivity index (χ4n) is 2.07. The van der Waals surface area contributed by atoms with Crippen LogP contribution in [0.2, 0.25) is 0 Å². The van der Waals surface area contributed by atoms with Gasteiger partial charge in [0.2, 0.25) is 0 Å². The molecule has 1 amide bonds. The highest BCUT2D eigenvalue weighted by Gasteiger charge is 2.12. The summed E-state index contributed by atoms with van der Waals surface area (Å²) in [4.78, 5) is 16.4. The Bertz CT molecular complexity index is 883. The number of pyridine rings is 1. The zero-order chi connectivity index (χ0) is 15.7. The summed E-state index contributed by atoms with van der Waals surface area (Å²) in [6.07, 6.45) is 1.61. The van der Waals surface area contributed by atoms with Crippen molar-refractivity contribution in [1.29, 1.82) is 0 Å². The number of fused-ring (bicyclic) bond motifs is 1. The lowest BCUT2D eigenvalue weighted by atomic mass is 10.1. The van der Waals surface area contributed by atoms with Crippen LogP contribution in [0.3, 0.4) is 0 Å². The van der Waals surface area contributed by atoms with Crippen molar-refractivity contribution in [2.75, 3.05) is 5.32 Å². The first-order chi connectivity index (χ1) is 10.6. The summed E-state index contributed by atoms with van der Waals surface area (Å²) < 4.78 is 27.0. The number of halogens is 3. The van der Waals surface area contributed by atoms with Crippen LogP contribution in [0.4, 0.5) is 14.5 Å². The van der Waals surface area contributed by atoms with Gasteiger partial charge in [-0.3, -0.25) is 9.78 Å². The van der Waals surface area contributed by atoms with Gasteiger partial charge in [-0.05, 0) is 36.4 Å². The van der Waals surface area contributed by atoms with Crippen LogP contribution in [0.5, 0.6) is 0 Å². The van der Waals surface area contributed by atoms with Gasteiger partial charge in [0.15, 0.2) is 11.6 Å². The van der Waals surface area contributed by atoms with E-state index in [1.54, 1.807) is 24.4 Å². The molecule has 3 aromatic rings. The second kappa shape index (κ2) is 5.81. The van der Waals surface area contributed by atoms with Gasteiger partial charge in [0.1, 0.15) is 0 Å². The lowest BCUT2D eigenvalue weighted by Crippen LogP contribution is -2.13. The van der Waals surface area contributed by atoms with E-state index in [-0.39, 0.29) is 5.56 Å². The lowest BCUT2D eigenvalue weighted by molar-refractivity contribution is 0.102. The van der Waals surface area contributed by atoms with Crippen molar-refractivity contribution in [2.45, 2.75) is 0 Å². The standard InChI is InChI=1S/C16H9BrF2N2O/c17-11-4-6-14(15-10(11)2-1-7-20-15)21-16(22)9-3-5-12(18)13(19)8-9/h1-8H,(H,21,22). The summed E-state index contributed by atoms with van der Waals surface area (Å²) in [5.74, 6) is -2.59. The number of amides is 1. The number of rotatable bonds is 2. The van der Waals surface area contributed by atoms with E-state index in [0.717, 1.165) is 22.0 Å². The molecule has 0 aliphatic rings. The first-order valence-electron chi connectivity index (χ1n) is 6.36. The zero-order valence-electron chi connectivity index (χ0n) is 11.1. The molecule has 3 nitrogen and oxygen atoms in total. The van der Waals surface area contributed by atoms with Gasteiger partial charge in [0, 0.05) is 21.6 Å². The predicted octanol–water partition coefficient (Wildman–Crippen LogP) is 4.53. The average molecular weight is 363 g/mol. The van der Waals surface area contributed by atoms with Crippen LogP contribution in [-0.4, -0.2) is 10.9 Å². The molecule has 0 unspecified atom stereocenters. The molecule has 0 bridgehead atoms. The fourth-order valence-corrected chi connectivity index (χ4v) is 2.52. The molecule has 1 aromatic heterocycles. The van der Waals surface area contributed by atoms with Gasteiger partial charge in [0.05, 0.1) is 11.2 Å². The van der Waals surface area contributed by atoms with Crippen LogP contribution in [0.1, 0.15) is 10.4 Å². The van der Waals surface area contributed by atoms with E-state index in [1.807, 2.05) is 6.07 Å². The predicted molar refractivity (Wildman–Crippen MR) is 83.8 cm³/mol. The van der Waals surface area contributed by atoms with Crippen molar-refractivity contribution in [3.63, 3.8) is 0 Å². The summed E-state index contributed by atoms with van der Waals surface area (Å²) in [5, 5.41) is 3.50. The molecule has 2 aromatic carbocycles. The Morgan fingerprint density at radius 1 is 1.09 bits per heavy atom. The van der Waals surface area contributed by atoms with Gasteiger partial charge in [-0.1, -0.05) is 22.0 Å². The number of benzene rings is 2. The maximum atomic E-state index is 13.2. The first kappa shape index (κ1) is 14.6. The Labute approximate surface area is 133 Å². The Morgan fingerprint density at radius 2 is 1.91 bits per heavy atom. The van der Waals surface area contributed by atoms with E-state index >= 15 is 0 Å². The smallest absolute Gasteiger partial charge is 0.255 e. The number of nitrogens with zero attached hydrogens (tertiary/aromatic N) is 1. The van der Waals surface area contributed by atoms with Crippen LogP contribution in [0.15, 0.2) is 53.1 Å². The Hall–Kier alpha value is -2.34. The molecule has 0 atom stereocenters. The van der Waals surface area contributed by atoms with Crippen LogP contribution in [0, 0.1) is 11.6 Å². The minimum Gasteiger partial charge on any atom is -0.320 e. The summed E-state index contributed by atoms with van der Waals surface area (Å²) >= 11 is 3.42. The summed E-state index contributed by atoms with van der Waals surface area (Å²) in [7, 11) is 0. The molecular formula is C16H9BrF2N2O. The second-order valence-electron chi connectivity index (χ2n) is 4.58. The van der Waals surface area contributed by atoms with Crippen molar-refractivity contribution in [1.82, 2.24) is 4.98 Å². The van der Waals surface area contributed by atoms with Crippen LogP contribution in [-0.2, 0) is 0 Å². The normalized spacial score (nSPS) is 10.7. The second-order valence-corrected chi connectivity index (χ2v) is 5.43. The highest BCUT2D eigenvalue weighted by atomic mass is 79.9. The number of nitrogens with one attached hydrogen (secondary N) is 1. The highest BCUT2D eigenvalue weighted by molar-refractivity contribution is 9.10.